The zero-order valence-corrected chi connectivity index (χ0v) is 29.4. The number of nitrogens with zero attached hydrogens (tertiary/aromatic N) is 1. The highest BCUT2D eigenvalue weighted by molar-refractivity contribution is 7.46. The zero-order valence-electron chi connectivity index (χ0n) is 28.5. The van der Waals surface area contributed by atoms with E-state index in [9.17, 15) is 28.5 Å². The topological polar surface area (TPSA) is 229 Å². The molecular weight excluding hydrogens is 655 g/mol. The number of amides is 5. The number of carbonyl (C=O) groups is 5. The van der Waals surface area contributed by atoms with Crippen molar-refractivity contribution in [3.05, 3.63) is 29.8 Å². The van der Waals surface area contributed by atoms with Gasteiger partial charge < -0.3 is 36.4 Å². The predicted octanol–water partition coefficient (Wildman–Crippen LogP) is 1.54. The summed E-state index contributed by atoms with van der Waals surface area (Å²) < 4.78 is 15.7. The molecule has 2 heterocycles. The van der Waals surface area contributed by atoms with Gasteiger partial charge in [0.05, 0.1) is 6.04 Å². The number of nitrogens with two attached hydrogens (primary N) is 1. The van der Waals surface area contributed by atoms with Gasteiger partial charge in [-0.05, 0) is 69.7 Å². The Morgan fingerprint density at radius 3 is 2.33 bits per heavy atom. The summed E-state index contributed by atoms with van der Waals surface area (Å²) in [6.45, 7) is 2.58. The summed E-state index contributed by atoms with van der Waals surface area (Å²) in [6, 6.07) is 2.39. The van der Waals surface area contributed by atoms with Gasteiger partial charge in [0.1, 0.15) is 23.9 Å². The second-order valence-electron chi connectivity index (χ2n) is 12.9. The number of hydrogen-bond acceptors (Lipinski definition) is 8. The summed E-state index contributed by atoms with van der Waals surface area (Å²) in [4.78, 5) is 85.3. The molecule has 2 fully saturated rings. The van der Waals surface area contributed by atoms with Crippen molar-refractivity contribution < 1.29 is 42.8 Å². The van der Waals surface area contributed by atoms with Crippen LogP contribution in [0.25, 0.3) is 0 Å². The number of carbonyl (C=O) groups excluding carboxylic acids is 5. The van der Waals surface area contributed by atoms with Crippen molar-refractivity contribution >= 4 is 37.4 Å². The fourth-order valence-electron chi connectivity index (χ4n) is 6.47. The van der Waals surface area contributed by atoms with Crippen LogP contribution in [0.5, 0.6) is 5.75 Å². The SMILES string of the molecule is CCCCCCCNC(=O)[C@H](CCC(N)=O)NC(=O)C1CC[C@@H]2CCCCC(NC(=O)[C@H](Cc3ccc(OP(=O)(O)O)cc3)NC)C(=O)N12. The highest BCUT2D eigenvalue weighted by Crippen LogP contribution is 2.37. The first kappa shape index (κ1) is 39.9. The number of primary amides is 1. The van der Waals surface area contributed by atoms with E-state index in [1.165, 1.54) is 12.1 Å². The summed E-state index contributed by atoms with van der Waals surface area (Å²) in [7, 11) is -3.09. The van der Waals surface area contributed by atoms with Crippen molar-refractivity contribution in [3.63, 3.8) is 0 Å². The first-order valence-corrected chi connectivity index (χ1v) is 18.9. The van der Waals surface area contributed by atoms with E-state index >= 15 is 0 Å². The molecule has 0 radical (unpaired) electrons. The molecule has 0 aliphatic carbocycles. The molecule has 16 heteroatoms. The largest absolute Gasteiger partial charge is 0.524 e. The molecule has 0 aromatic heterocycles. The molecule has 0 bridgehead atoms. The molecule has 2 unspecified atom stereocenters. The third-order valence-corrected chi connectivity index (χ3v) is 9.55. The fraction of sp³-hybridized carbons (Fsp3) is 0.667. The van der Waals surface area contributed by atoms with Gasteiger partial charge in [0.25, 0.3) is 0 Å². The second-order valence-corrected chi connectivity index (χ2v) is 14.0. The van der Waals surface area contributed by atoms with E-state index in [-0.39, 0.29) is 37.0 Å². The smallest absolute Gasteiger partial charge is 0.404 e. The number of benzene rings is 1. The monoisotopic (exact) mass is 708 g/mol. The lowest BCUT2D eigenvalue weighted by Gasteiger charge is -2.36. The van der Waals surface area contributed by atoms with Crippen molar-refractivity contribution in [3.8, 4) is 5.75 Å². The standard InChI is InChI=1S/C33H53N6O9P/c1-3-4-5-6-9-20-36-30(41)25(17-19-29(34)40)37-32(43)28-18-14-23-10-7-8-11-26(33(44)39(23)28)38-31(42)27(35-2)21-22-12-15-24(16-13-22)48-49(45,46)47/h12-13,15-16,23,25-28,35H,3-11,14,17-21H2,1-2H3,(H2,34,40)(H,36,41)(H,37,43)(H,38,42)(H2,45,46,47)/t23-,25-,26?,27-,28?/m0/s1. The Kier molecular flexibility index (Phi) is 16.0. The lowest BCUT2D eigenvalue weighted by molar-refractivity contribution is -0.145. The van der Waals surface area contributed by atoms with Crippen molar-refractivity contribution in [1.82, 2.24) is 26.2 Å². The minimum atomic E-state index is -4.70. The van der Waals surface area contributed by atoms with Gasteiger partial charge in [-0.3, -0.25) is 33.8 Å². The Bertz CT molecular complexity index is 1320. The summed E-state index contributed by atoms with van der Waals surface area (Å²) in [5.74, 6) is -2.24. The number of likely N-dealkylation sites (N-methyl/N-ethyl adjacent to an activating group) is 1. The van der Waals surface area contributed by atoms with Crippen LogP contribution in [0.2, 0.25) is 0 Å². The summed E-state index contributed by atoms with van der Waals surface area (Å²) in [6.07, 6.45) is 8.94. The van der Waals surface area contributed by atoms with Crippen LogP contribution in [0, 0.1) is 0 Å². The number of phosphoric acid groups is 1. The lowest BCUT2D eigenvalue weighted by Crippen LogP contribution is -2.59. The van der Waals surface area contributed by atoms with Crippen molar-refractivity contribution in [1.29, 1.82) is 0 Å². The maximum atomic E-state index is 14.0. The van der Waals surface area contributed by atoms with Crippen LogP contribution in [0.1, 0.15) is 96.0 Å². The van der Waals surface area contributed by atoms with E-state index in [1.807, 2.05) is 0 Å². The second kappa shape index (κ2) is 19.6. The molecule has 0 saturated carbocycles. The van der Waals surface area contributed by atoms with Crippen LogP contribution < -0.4 is 31.5 Å². The van der Waals surface area contributed by atoms with Gasteiger partial charge in [-0.1, -0.05) is 57.6 Å². The fourth-order valence-corrected chi connectivity index (χ4v) is 6.86. The Balaban J connectivity index is 1.67. The number of rotatable bonds is 19. The maximum Gasteiger partial charge on any atom is 0.524 e. The molecular formula is C33H53N6O9P. The van der Waals surface area contributed by atoms with Gasteiger partial charge in [-0.25, -0.2) is 4.57 Å². The highest BCUT2D eigenvalue weighted by atomic mass is 31.2. The van der Waals surface area contributed by atoms with Gasteiger partial charge >= 0.3 is 7.82 Å². The van der Waals surface area contributed by atoms with Crippen molar-refractivity contribution in [2.24, 2.45) is 5.73 Å². The third-order valence-electron chi connectivity index (χ3n) is 9.10. The molecule has 5 atom stereocenters. The minimum absolute atomic E-state index is 0.0148. The van der Waals surface area contributed by atoms with E-state index < -0.39 is 55.6 Å². The number of unbranched alkanes of at least 4 members (excludes halogenated alkanes) is 4. The number of nitrogens with one attached hydrogen (secondary N) is 4. The molecule has 2 aliphatic heterocycles. The number of fused-ring (bicyclic) bond motifs is 1. The molecule has 5 amide bonds. The van der Waals surface area contributed by atoms with Crippen molar-refractivity contribution in [2.75, 3.05) is 13.6 Å². The van der Waals surface area contributed by atoms with Gasteiger partial charge in [-0.15, -0.1) is 0 Å². The van der Waals surface area contributed by atoms with E-state index in [1.54, 1.807) is 24.1 Å². The van der Waals surface area contributed by atoms with Crippen LogP contribution in [0.15, 0.2) is 24.3 Å². The van der Waals surface area contributed by atoms with Gasteiger partial charge in [-0.2, -0.15) is 0 Å². The Hall–Kier alpha value is -3.52. The highest BCUT2D eigenvalue weighted by Gasteiger charge is 2.44. The minimum Gasteiger partial charge on any atom is -0.404 e. The molecule has 1 aromatic carbocycles. The van der Waals surface area contributed by atoms with Crippen LogP contribution >= 0.6 is 7.82 Å². The van der Waals surface area contributed by atoms with E-state index in [0.29, 0.717) is 31.4 Å². The lowest BCUT2D eigenvalue weighted by atomic mass is 9.98. The normalized spacial score (nSPS) is 20.7. The Morgan fingerprint density at radius 1 is 0.980 bits per heavy atom. The van der Waals surface area contributed by atoms with Crippen LogP contribution in [0.4, 0.5) is 0 Å². The first-order valence-electron chi connectivity index (χ1n) is 17.3. The molecule has 2 saturated heterocycles. The van der Waals surface area contributed by atoms with E-state index in [4.69, 9.17) is 15.5 Å². The summed E-state index contributed by atoms with van der Waals surface area (Å²) in [5.41, 5.74) is 6.04. The Labute approximate surface area is 288 Å². The number of phosphoric ester groups is 1. The molecule has 2 aliphatic rings. The van der Waals surface area contributed by atoms with Crippen LogP contribution in [-0.2, 0) is 35.0 Å². The quantitative estimate of drug-likeness (QED) is 0.0810. The third kappa shape index (κ3) is 13.0. The molecule has 274 valence electrons. The predicted molar refractivity (Wildman–Crippen MR) is 182 cm³/mol. The molecule has 1 aromatic rings. The Morgan fingerprint density at radius 2 is 1.67 bits per heavy atom. The molecule has 0 spiro atoms. The molecule has 15 nitrogen and oxygen atoms in total. The molecule has 49 heavy (non-hydrogen) atoms. The zero-order chi connectivity index (χ0) is 36.0. The van der Waals surface area contributed by atoms with Crippen LogP contribution in [-0.4, -0.2) is 88.0 Å². The van der Waals surface area contributed by atoms with Gasteiger partial charge in [0.2, 0.25) is 29.5 Å². The van der Waals surface area contributed by atoms with Gasteiger partial charge in [0.15, 0.2) is 0 Å². The summed E-state index contributed by atoms with van der Waals surface area (Å²) in [5, 5.41) is 11.5. The first-order chi connectivity index (χ1) is 23.3. The van der Waals surface area contributed by atoms with Crippen LogP contribution in [0.3, 0.4) is 0 Å². The average Bonchev–Trinajstić information content (AvgIpc) is 3.47. The van der Waals surface area contributed by atoms with Gasteiger partial charge in [0, 0.05) is 19.0 Å². The average molecular weight is 709 g/mol. The maximum absolute atomic E-state index is 14.0. The van der Waals surface area contributed by atoms with E-state index in [2.05, 4.69) is 32.7 Å². The summed E-state index contributed by atoms with van der Waals surface area (Å²) >= 11 is 0. The molecule has 8 N–H and O–H groups in total. The van der Waals surface area contributed by atoms with E-state index in [0.717, 1.165) is 51.4 Å². The van der Waals surface area contributed by atoms with Crippen molar-refractivity contribution in [2.45, 2.75) is 127 Å². The molecule has 3 rings (SSSR count). The number of hydrogen-bond donors (Lipinski definition) is 7.